The summed E-state index contributed by atoms with van der Waals surface area (Å²) < 4.78 is 23.2. The Kier molecular flexibility index (Phi) is 4.18. The van der Waals surface area contributed by atoms with E-state index in [0.717, 1.165) is 25.1 Å². The topological polar surface area (TPSA) is 69.3 Å². The maximum absolute atomic E-state index is 13.1. The number of nitrogens with one attached hydrogen (secondary N) is 1. The van der Waals surface area contributed by atoms with E-state index in [1.165, 1.54) is 5.57 Å². The number of hydrogen-bond donors (Lipinski definition) is 1. The second kappa shape index (κ2) is 6.33. The van der Waals surface area contributed by atoms with E-state index in [4.69, 9.17) is 18.9 Å². The number of rotatable bonds is 4. The summed E-state index contributed by atoms with van der Waals surface area (Å²) >= 11 is 0. The van der Waals surface area contributed by atoms with Crippen molar-refractivity contribution in [3.63, 3.8) is 0 Å². The molecule has 1 N–H and O–H groups in total. The van der Waals surface area contributed by atoms with Crippen LogP contribution in [-0.4, -0.2) is 62.3 Å². The molecule has 0 aromatic carbocycles. The number of ether oxygens (including phenoxy) is 4. The Balaban J connectivity index is 1.59. The van der Waals surface area contributed by atoms with Gasteiger partial charge in [-0.15, -0.1) is 0 Å². The van der Waals surface area contributed by atoms with Gasteiger partial charge in [0, 0.05) is 19.6 Å². The summed E-state index contributed by atoms with van der Waals surface area (Å²) in [6.07, 6.45) is 5.35. The molecule has 29 heavy (non-hydrogen) atoms. The largest absolute Gasteiger partial charge is 0.458 e. The molecular formula is C22H30N2O5. The minimum absolute atomic E-state index is 0.134. The smallest absolute Gasteiger partial charge is 0.336 e. The van der Waals surface area contributed by atoms with E-state index in [0.29, 0.717) is 11.3 Å². The Bertz CT molecular complexity index is 848. The minimum atomic E-state index is -0.337. The third-order valence-corrected chi connectivity index (χ3v) is 7.81. The molecule has 4 heterocycles. The highest BCUT2D eigenvalue weighted by atomic mass is 16.7. The van der Waals surface area contributed by atoms with Crippen molar-refractivity contribution in [2.75, 3.05) is 27.5 Å². The van der Waals surface area contributed by atoms with Crippen molar-refractivity contribution < 1.29 is 23.7 Å². The molecule has 5 aliphatic rings. The zero-order valence-corrected chi connectivity index (χ0v) is 17.8. The van der Waals surface area contributed by atoms with Crippen molar-refractivity contribution in [1.82, 2.24) is 10.2 Å². The van der Waals surface area contributed by atoms with Gasteiger partial charge in [0.15, 0.2) is 5.76 Å². The molecule has 7 heteroatoms. The molecule has 3 fully saturated rings. The maximum atomic E-state index is 13.1. The molecule has 0 amide bonds. The molecule has 7 nitrogen and oxygen atoms in total. The molecule has 1 aliphatic carbocycles. The Hall–Kier alpha value is -1.83. The predicted octanol–water partition coefficient (Wildman–Crippen LogP) is 2.07. The molecule has 5 rings (SSSR count). The molecule has 6 unspecified atom stereocenters. The summed E-state index contributed by atoms with van der Waals surface area (Å²) in [5.74, 6) is 1.37. The lowest BCUT2D eigenvalue weighted by atomic mass is 9.51. The molecule has 0 aromatic rings. The van der Waals surface area contributed by atoms with E-state index in [1.54, 1.807) is 7.11 Å². The Labute approximate surface area is 171 Å². The average molecular weight is 402 g/mol. The van der Waals surface area contributed by atoms with Gasteiger partial charge in [-0.25, -0.2) is 4.79 Å². The van der Waals surface area contributed by atoms with Gasteiger partial charge < -0.3 is 18.9 Å². The Morgan fingerprint density at radius 2 is 2.24 bits per heavy atom. The van der Waals surface area contributed by atoms with Crippen LogP contribution in [0.2, 0.25) is 0 Å². The van der Waals surface area contributed by atoms with Crippen molar-refractivity contribution in [2.24, 2.45) is 11.3 Å². The number of methoxy groups -OCH3 is 1. The molecule has 0 bridgehead atoms. The molecule has 6 atom stereocenters. The molecule has 1 spiro atoms. The van der Waals surface area contributed by atoms with E-state index in [-0.39, 0.29) is 48.0 Å². The fourth-order valence-corrected chi connectivity index (χ4v) is 6.04. The van der Waals surface area contributed by atoms with Crippen LogP contribution >= 0.6 is 0 Å². The SMILES string of the molecule is CCC(C)C1=C(C=C2C(=O)OC3C(OC)C=C4CCN(C)C45NC2C35C)OCO1. The molecule has 4 aliphatic heterocycles. The Morgan fingerprint density at radius 1 is 1.45 bits per heavy atom. The van der Waals surface area contributed by atoms with Crippen LogP contribution in [0.5, 0.6) is 0 Å². The van der Waals surface area contributed by atoms with Crippen LogP contribution in [0.3, 0.4) is 0 Å². The molecule has 0 aromatic heterocycles. The quantitative estimate of drug-likeness (QED) is 0.439. The fourth-order valence-electron chi connectivity index (χ4n) is 6.04. The first-order valence-electron chi connectivity index (χ1n) is 10.5. The van der Waals surface area contributed by atoms with E-state index in [1.807, 2.05) is 6.08 Å². The second-order valence-electron chi connectivity index (χ2n) is 9.00. The molecule has 158 valence electrons. The zero-order chi connectivity index (χ0) is 20.6. The average Bonchev–Trinajstić information content (AvgIpc) is 3.30. The first-order chi connectivity index (χ1) is 13.9. The number of likely N-dealkylation sites (N-methyl/N-ethyl adjacent to an activating group) is 1. The first-order valence-corrected chi connectivity index (χ1v) is 10.5. The van der Waals surface area contributed by atoms with Gasteiger partial charge in [-0.3, -0.25) is 10.2 Å². The van der Waals surface area contributed by atoms with Crippen LogP contribution in [0.25, 0.3) is 0 Å². The number of esters is 1. The number of likely N-dealkylation sites (tertiary alicyclic amines) is 1. The summed E-state index contributed by atoms with van der Waals surface area (Å²) in [6, 6.07) is -0.134. The third-order valence-electron chi connectivity index (χ3n) is 7.81. The van der Waals surface area contributed by atoms with E-state index >= 15 is 0 Å². The standard InChI is InChI=1S/C22H30N2O5/c1-6-12(2)17-15(27-11-28-17)10-14-18-21(3)19(29-20(14)25)16(26-5)9-13-7-8-24(4)22(13,21)23-18/h9-10,12,16,18-19,23H,6-8,11H2,1-5H3. The number of nitrogens with zero attached hydrogens (tertiary/aromatic N) is 1. The van der Waals surface area contributed by atoms with Crippen LogP contribution in [0.1, 0.15) is 33.6 Å². The lowest BCUT2D eigenvalue weighted by Crippen LogP contribution is -2.89. The highest BCUT2D eigenvalue weighted by molar-refractivity contribution is 5.93. The highest BCUT2D eigenvalue weighted by Crippen LogP contribution is 2.63. The van der Waals surface area contributed by atoms with Crippen molar-refractivity contribution in [1.29, 1.82) is 0 Å². The summed E-state index contributed by atoms with van der Waals surface area (Å²) in [4.78, 5) is 15.4. The first kappa shape index (κ1) is 19.2. The normalized spacial score (nSPS) is 43.1. The minimum Gasteiger partial charge on any atom is -0.458 e. The monoisotopic (exact) mass is 402 g/mol. The lowest BCUT2D eigenvalue weighted by molar-refractivity contribution is -0.231. The van der Waals surface area contributed by atoms with Crippen molar-refractivity contribution in [3.8, 4) is 0 Å². The lowest BCUT2D eigenvalue weighted by Gasteiger charge is -2.71. The van der Waals surface area contributed by atoms with Gasteiger partial charge in [-0.1, -0.05) is 20.8 Å². The fraction of sp³-hybridized carbons (Fsp3) is 0.682. The number of carbonyl (C=O) groups is 1. The number of hydrogen-bond acceptors (Lipinski definition) is 7. The maximum Gasteiger partial charge on any atom is 0.336 e. The van der Waals surface area contributed by atoms with E-state index in [9.17, 15) is 4.79 Å². The summed E-state index contributed by atoms with van der Waals surface area (Å²) in [5, 5.41) is 3.75. The third kappa shape index (κ3) is 2.21. The summed E-state index contributed by atoms with van der Waals surface area (Å²) in [7, 11) is 3.82. The highest BCUT2D eigenvalue weighted by Gasteiger charge is 2.77. The second-order valence-corrected chi connectivity index (χ2v) is 9.00. The van der Waals surface area contributed by atoms with Gasteiger partial charge in [-0.2, -0.15) is 0 Å². The van der Waals surface area contributed by atoms with Gasteiger partial charge >= 0.3 is 5.97 Å². The molecule has 3 saturated heterocycles. The van der Waals surface area contributed by atoms with Gasteiger partial charge in [0.2, 0.25) is 6.79 Å². The summed E-state index contributed by atoms with van der Waals surface area (Å²) in [5.41, 5.74) is 1.32. The van der Waals surface area contributed by atoms with Gasteiger partial charge in [-0.05, 0) is 37.6 Å². The predicted molar refractivity (Wildman–Crippen MR) is 105 cm³/mol. The van der Waals surface area contributed by atoms with E-state index in [2.05, 4.69) is 44.1 Å². The molecular weight excluding hydrogens is 372 g/mol. The van der Waals surface area contributed by atoms with Crippen LogP contribution in [0, 0.1) is 11.3 Å². The van der Waals surface area contributed by atoms with Crippen molar-refractivity contribution in [3.05, 3.63) is 34.8 Å². The van der Waals surface area contributed by atoms with Crippen molar-refractivity contribution >= 4 is 5.97 Å². The Morgan fingerprint density at radius 3 is 2.97 bits per heavy atom. The van der Waals surface area contributed by atoms with Gasteiger partial charge in [0.05, 0.1) is 17.0 Å². The van der Waals surface area contributed by atoms with Gasteiger partial charge in [0.1, 0.15) is 23.6 Å². The van der Waals surface area contributed by atoms with E-state index < -0.39 is 0 Å². The number of carbonyl (C=O) groups excluding carboxylic acids is 1. The number of allylic oxidation sites excluding steroid dienone is 2. The zero-order valence-electron chi connectivity index (χ0n) is 17.8. The van der Waals surface area contributed by atoms with Gasteiger partial charge in [0.25, 0.3) is 0 Å². The molecule has 0 saturated carbocycles. The van der Waals surface area contributed by atoms with Crippen LogP contribution in [-0.2, 0) is 23.7 Å². The van der Waals surface area contributed by atoms with Crippen LogP contribution in [0.15, 0.2) is 34.8 Å². The molecule has 0 radical (unpaired) electrons. The summed E-state index contributed by atoms with van der Waals surface area (Å²) in [6.45, 7) is 7.59. The van der Waals surface area contributed by atoms with Crippen LogP contribution < -0.4 is 5.32 Å². The van der Waals surface area contributed by atoms with Crippen molar-refractivity contribution in [2.45, 2.75) is 57.5 Å². The van der Waals surface area contributed by atoms with Crippen LogP contribution in [0.4, 0.5) is 0 Å².